The van der Waals surface area contributed by atoms with Crippen LogP contribution in [0.4, 0.5) is 5.69 Å². The number of benzene rings is 3. The number of carbonyl (C=O) groups is 1. The molecule has 0 spiro atoms. The van der Waals surface area contributed by atoms with Gasteiger partial charge in [-0.2, -0.15) is 0 Å². The third-order valence-corrected chi connectivity index (χ3v) is 6.79. The second-order valence-electron chi connectivity index (χ2n) is 7.93. The Bertz CT molecular complexity index is 1200. The highest BCUT2D eigenvalue weighted by atomic mass is 35.5. The minimum Gasteiger partial charge on any atom is -0.343 e. The van der Waals surface area contributed by atoms with Crippen LogP contribution in [0.15, 0.2) is 72.8 Å². The van der Waals surface area contributed by atoms with E-state index in [1.807, 2.05) is 61.5 Å². The molecule has 0 aliphatic rings. The lowest BCUT2D eigenvalue weighted by atomic mass is 9.97. The van der Waals surface area contributed by atoms with Crippen LogP contribution in [-0.2, 0) is 14.8 Å². The fraction of sp³-hybridized carbons (Fsp3) is 0.240. The first-order valence-corrected chi connectivity index (χ1v) is 12.5. The van der Waals surface area contributed by atoms with E-state index in [0.29, 0.717) is 16.3 Å². The Kier molecular flexibility index (Phi) is 7.26. The molecule has 0 saturated heterocycles. The van der Waals surface area contributed by atoms with E-state index in [2.05, 4.69) is 5.32 Å². The number of carbonyl (C=O) groups excluding carboxylic acids is 1. The highest BCUT2D eigenvalue weighted by molar-refractivity contribution is 7.92. The zero-order valence-corrected chi connectivity index (χ0v) is 20.1. The molecule has 0 bridgehead atoms. The van der Waals surface area contributed by atoms with Crippen LogP contribution in [0.3, 0.4) is 0 Å². The summed E-state index contributed by atoms with van der Waals surface area (Å²) < 4.78 is 26.5. The SMILES string of the molecule is Cc1ccc([C@H](NC(=O)[C@H](C)N(c2cc(Cl)ccc2C)S(C)(=O)=O)c2ccccc2)cc1. The summed E-state index contributed by atoms with van der Waals surface area (Å²) >= 11 is 6.13. The number of rotatable bonds is 7. The molecule has 0 aliphatic carbocycles. The summed E-state index contributed by atoms with van der Waals surface area (Å²) in [6, 6.07) is 21.1. The predicted octanol–water partition coefficient (Wildman–Crippen LogP) is 5.02. The molecule has 0 radical (unpaired) electrons. The molecule has 0 unspecified atom stereocenters. The smallest absolute Gasteiger partial charge is 0.244 e. The van der Waals surface area contributed by atoms with Crippen LogP contribution in [0.5, 0.6) is 0 Å². The zero-order chi connectivity index (χ0) is 23.5. The lowest BCUT2D eigenvalue weighted by Gasteiger charge is -2.31. The van der Waals surface area contributed by atoms with E-state index in [4.69, 9.17) is 11.6 Å². The van der Waals surface area contributed by atoms with Gasteiger partial charge in [0.15, 0.2) is 0 Å². The van der Waals surface area contributed by atoms with E-state index in [1.54, 1.807) is 32.0 Å². The van der Waals surface area contributed by atoms with Crippen molar-refractivity contribution in [1.82, 2.24) is 5.32 Å². The number of amides is 1. The summed E-state index contributed by atoms with van der Waals surface area (Å²) in [5.74, 6) is -0.413. The standard InChI is InChI=1S/C25H27ClN2O3S/c1-17-10-13-21(14-11-17)24(20-8-6-5-7-9-20)27-25(29)19(3)28(32(4,30)31)23-16-22(26)15-12-18(23)2/h5-16,19,24H,1-4H3,(H,27,29)/t19-,24+/m0/s1. The van der Waals surface area contributed by atoms with Gasteiger partial charge in [-0.05, 0) is 49.6 Å². The molecule has 0 saturated carbocycles. The van der Waals surface area contributed by atoms with Gasteiger partial charge in [0.1, 0.15) is 6.04 Å². The first kappa shape index (κ1) is 23.8. The normalized spacial score (nSPS) is 13.3. The van der Waals surface area contributed by atoms with Crippen molar-refractivity contribution in [3.8, 4) is 0 Å². The maximum Gasteiger partial charge on any atom is 0.244 e. The van der Waals surface area contributed by atoms with Crippen LogP contribution in [0.25, 0.3) is 0 Å². The zero-order valence-electron chi connectivity index (χ0n) is 18.5. The Balaban J connectivity index is 1.98. The van der Waals surface area contributed by atoms with Gasteiger partial charge in [-0.1, -0.05) is 77.8 Å². The number of hydrogen-bond donors (Lipinski definition) is 1. The second kappa shape index (κ2) is 9.76. The Hall–Kier alpha value is -2.83. The average Bonchev–Trinajstić information content (AvgIpc) is 2.75. The monoisotopic (exact) mass is 470 g/mol. The van der Waals surface area contributed by atoms with Gasteiger partial charge in [-0.3, -0.25) is 9.10 Å². The summed E-state index contributed by atoms with van der Waals surface area (Å²) in [4.78, 5) is 13.4. The molecule has 3 aromatic rings. The molecule has 0 fully saturated rings. The number of nitrogens with one attached hydrogen (secondary N) is 1. The van der Waals surface area contributed by atoms with Crippen molar-refractivity contribution < 1.29 is 13.2 Å². The fourth-order valence-electron chi connectivity index (χ4n) is 3.63. The number of hydrogen-bond acceptors (Lipinski definition) is 3. The summed E-state index contributed by atoms with van der Waals surface area (Å²) in [5, 5.41) is 3.44. The minimum atomic E-state index is -3.76. The topological polar surface area (TPSA) is 66.5 Å². The van der Waals surface area contributed by atoms with E-state index >= 15 is 0 Å². The molecule has 0 aliphatic heterocycles. The van der Waals surface area contributed by atoms with Gasteiger partial charge in [0.05, 0.1) is 18.0 Å². The molecule has 168 valence electrons. The van der Waals surface area contributed by atoms with Gasteiger partial charge in [-0.25, -0.2) is 8.42 Å². The lowest BCUT2D eigenvalue weighted by molar-refractivity contribution is -0.122. The van der Waals surface area contributed by atoms with Crippen molar-refractivity contribution >= 4 is 33.2 Å². The predicted molar refractivity (Wildman–Crippen MR) is 131 cm³/mol. The summed E-state index contributed by atoms with van der Waals surface area (Å²) in [7, 11) is -3.76. The number of nitrogens with zero attached hydrogens (tertiary/aromatic N) is 1. The van der Waals surface area contributed by atoms with Crippen LogP contribution in [0.2, 0.25) is 5.02 Å². The molecule has 1 N–H and O–H groups in total. The second-order valence-corrected chi connectivity index (χ2v) is 10.2. The Morgan fingerprint density at radius 3 is 2.12 bits per heavy atom. The number of anilines is 1. The lowest BCUT2D eigenvalue weighted by Crippen LogP contribution is -2.49. The Morgan fingerprint density at radius 1 is 0.938 bits per heavy atom. The van der Waals surface area contributed by atoms with Gasteiger partial charge in [-0.15, -0.1) is 0 Å². The highest BCUT2D eigenvalue weighted by Crippen LogP contribution is 2.29. The first-order valence-electron chi connectivity index (χ1n) is 10.3. The minimum absolute atomic E-state index is 0.384. The van der Waals surface area contributed by atoms with Gasteiger partial charge in [0.25, 0.3) is 0 Å². The molecule has 1 amide bonds. The molecule has 3 aromatic carbocycles. The molecule has 0 heterocycles. The molecule has 2 atom stereocenters. The third-order valence-electron chi connectivity index (χ3n) is 5.33. The molecule has 7 heteroatoms. The van der Waals surface area contributed by atoms with Gasteiger partial charge < -0.3 is 5.32 Å². The summed E-state index contributed by atoms with van der Waals surface area (Å²) in [6.07, 6.45) is 1.09. The quantitative estimate of drug-likeness (QED) is 0.527. The van der Waals surface area contributed by atoms with Crippen molar-refractivity contribution in [2.45, 2.75) is 32.9 Å². The van der Waals surface area contributed by atoms with E-state index in [1.165, 1.54) is 0 Å². The maximum absolute atomic E-state index is 13.4. The molecule has 32 heavy (non-hydrogen) atoms. The van der Waals surface area contributed by atoms with Crippen molar-refractivity contribution in [3.05, 3.63) is 100 Å². The van der Waals surface area contributed by atoms with Crippen LogP contribution >= 0.6 is 11.6 Å². The van der Waals surface area contributed by atoms with E-state index in [9.17, 15) is 13.2 Å². The van der Waals surface area contributed by atoms with Gasteiger partial charge in [0.2, 0.25) is 15.9 Å². The van der Waals surface area contributed by atoms with Gasteiger partial charge in [0, 0.05) is 5.02 Å². The molecular weight excluding hydrogens is 444 g/mol. The number of halogens is 1. The van der Waals surface area contributed by atoms with Crippen LogP contribution in [-0.4, -0.2) is 26.6 Å². The van der Waals surface area contributed by atoms with Crippen molar-refractivity contribution in [1.29, 1.82) is 0 Å². The molecular formula is C25H27ClN2O3S. The van der Waals surface area contributed by atoms with E-state index in [0.717, 1.165) is 27.3 Å². The molecule has 3 rings (SSSR count). The first-order chi connectivity index (χ1) is 15.1. The van der Waals surface area contributed by atoms with Crippen molar-refractivity contribution in [3.63, 3.8) is 0 Å². The van der Waals surface area contributed by atoms with Crippen molar-refractivity contribution in [2.24, 2.45) is 0 Å². The molecule has 0 aromatic heterocycles. The highest BCUT2D eigenvalue weighted by Gasteiger charge is 2.32. The maximum atomic E-state index is 13.4. The third kappa shape index (κ3) is 5.50. The van der Waals surface area contributed by atoms with Gasteiger partial charge >= 0.3 is 0 Å². The summed E-state index contributed by atoms with van der Waals surface area (Å²) in [6.45, 7) is 5.36. The van der Waals surface area contributed by atoms with Crippen molar-refractivity contribution in [2.75, 3.05) is 10.6 Å². The fourth-order valence-corrected chi connectivity index (χ4v) is 5.02. The summed E-state index contributed by atoms with van der Waals surface area (Å²) in [5.41, 5.74) is 4.01. The van der Waals surface area contributed by atoms with Crippen LogP contribution < -0.4 is 9.62 Å². The van der Waals surface area contributed by atoms with Crippen LogP contribution in [0, 0.1) is 13.8 Å². The molecule has 5 nitrogen and oxygen atoms in total. The van der Waals surface area contributed by atoms with E-state index < -0.39 is 28.0 Å². The Morgan fingerprint density at radius 2 is 1.53 bits per heavy atom. The number of aryl methyl sites for hydroxylation is 2. The van der Waals surface area contributed by atoms with E-state index in [-0.39, 0.29) is 0 Å². The average molecular weight is 471 g/mol. The number of sulfonamides is 1. The van der Waals surface area contributed by atoms with Crippen LogP contribution in [0.1, 0.15) is 35.2 Å². The Labute approximate surface area is 195 Å². The largest absolute Gasteiger partial charge is 0.343 e.